The molecule has 0 unspecified atom stereocenters. The summed E-state index contributed by atoms with van der Waals surface area (Å²) in [7, 11) is 0. The molecule has 0 aromatic carbocycles. The zero-order valence-electron chi connectivity index (χ0n) is 5.09. The van der Waals surface area contributed by atoms with Crippen LogP contribution in [0.1, 0.15) is 0 Å². The lowest BCUT2D eigenvalue weighted by Gasteiger charge is -1.73. The normalized spacial score (nSPS) is 10.4. The van der Waals surface area contributed by atoms with Crippen LogP contribution in [0.5, 0.6) is 0 Å². The molecule has 0 amide bonds. The van der Waals surface area contributed by atoms with Crippen LogP contribution in [0.2, 0.25) is 0 Å². The summed E-state index contributed by atoms with van der Waals surface area (Å²) in [4.78, 5) is 2.86. The van der Waals surface area contributed by atoms with Crippen LogP contribution in [0, 0.1) is 5.53 Å². The Morgan fingerprint density at radius 1 is 1.60 bits per heavy atom. The lowest BCUT2D eigenvalue weighted by atomic mass is 10.4. The third kappa shape index (κ3) is 0.500. The second-order valence-corrected chi connectivity index (χ2v) is 1.95. The predicted octanol–water partition coefficient (Wildman–Crippen LogP) is 2.42. The Kier molecular flexibility index (Phi) is 0.887. The number of aromatic nitrogens is 1. The van der Waals surface area contributed by atoms with E-state index in [0.717, 1.165) is 5.39 Å². The van der Waals surface area contributed by atoms with Gasteiger partial charge in [-0.3, -0.25) is 0 Å². The fraction of sp³-hybridized carbons (Fsp3) is 0. The van der Waals surface area contributed by atoms with Crippen molar-refractivity contribution in [2.24, 2.45) is 5.11 Å². The highest BCUT2D eigenvalue weighted by Gasteiger charge is 2.03. The van der Waals surface area contributed by atoms with Gasteiger partial charge < -0.3 is 9.40 Å². The van der Waals surface area contributed by atoms with E-state index in [4.69, 9.17) is 9.95 Å². The Labute approximate surface area is 56.4 Å². The van der Waals surface area contributed by atoms with Crippen molar-refractivity contribution in [1.29, 1.82) is 5.53 Å². The van der Waals surface area contributed by atoms with Gasteiger partial charge in [0.25, 0.3) is 0 Å². The van der Waals surface area contributed by atoms with Crippen LogP contribution in [-0.4, -0.2) is 4.98 Å². The molecule has 0 spiro atoms. The van der Waals surface area contributed by atoms with Crippen LogP contribution >= 0.6 is 0 Å². The number of rotatable bonds is 1. The van der Waals surface area contributed by atoms with Crippen molar-refractivity contribution in [3.8, 4) is 0 Å². The minimum absolute atomic E-state index is 0.566. The van der Waals surface area contributed by atoms with E-state index in [1.165, 1.54) is 6.26 Å². The minimum atomic E-state index is 0.566. The third-order valence-electron chi connectivity index (χ3n) is 1.39. The molecule has 2 N–H and O–H groups in total. The zero-order chi connectivity index (χ0) is 6.97. The number of fused-ring (bicyclic) bond motifs is 1. The molecule has 0 saturated carbocycles. The van der Waals surface area contributed by atoms with Crippen LogP contribution in [-0.2, 0) is 0 Å². The number of furan rings is 1. The van der Waals surface area contributed by atoms with E-state index < -0.39 is 0 Å². The molecule has 4 heteroatoms. The van der Waals surface area contributed by atoms with Crippen LogP contribution in [0.15, 0.2) is 28.1 Å². The van der Waals surface area contributed by atoms with Gasteiger partial charge in [-0.2, -0.15) is 5.11 Å². The summed E-state index contributed by atoms with van der Waals surface area (Å²) < 4.78 is 5.01. The second kappa shape index (κ2) is 1.70. The van der Waals surface area contributed by atoms with Crippen molar-refractivity contribution >= 4 is 16.8 Å². The maximum atomic E-state index is 6.73. The standard InChI is InChI=1S/C6H5N3O/c7-9-5-3-10-6-4(5)1-2-8-6/h1-3,7-8H. The first kappa shape index (κ1) is 5.22. The topological polar surface area (TPSA) is 65.1 Å². The SMILES string of the molecule is N=Nc1coc2[nH]ccc12. The summed E-state index contributed by atoms with van der Waals surface area (Å²) in [6.07, 6.45) is 3.21. The Balaban J connectivity index is 2.88. The number of nitrogens with one attached hydrogen (secondary N) is 2. The maximum Gasteiger partial charge on any atom is 0.206 e. The van der Waals surface area contributed by atoms with Crippen LogP contribution in [0.25, 0.3) is 11.1 Å². The molecule has 2 aromatic rings. The quantitative estimate of drug-likeness (QED) is 0.579. The molecular weight excluding hydrogens is 130 g/mol. The Morgan fingerprint density at radius 2 is 2.50 bits per heavy atom. The first-order valence-electron chi connectivity index (χ1n) is 2.84. The Hall–Kier alpha value is -1.58. The molecule has 0 fully saturated rings. The van der Waals surface area contributed by atoms with Gasteiger partial charge in [0.05, 0.1) is 5.39 Å². The fourth-order valence-corrected chi connectivity index (χ4v) is 0.918. The summed E-state index contributed by atoms with van der Waals surface area (Å²) in [5, 5.41) is 4.12. The average Bonchev–Trinajstić information content (AvgIpc) is 2.44. The van der Waals surface area contributed by atoms with Crippen LogP contribution < -0.4 is 0 Å². The average molecular weight is 135 g/mol. The molecule has 0 aliphatic carbocycles. The number of hydrogen-bond donors (Lipinski definition) is 2. The first-order chi connectivity index (χ1) is 4.92. The highest BCUT2D eigenvalue weighted by Crippen LogP contribution is 2.26. The van der Waals surface area contributed by atoms with Gasteiger partial charge in [0.2, 0.25) is 5.71 Å². The molecule has 2 aromatic heterocycles. The van der Waals surface area contributed by atoms with E-state index >= 15 is 0 Å². The van der Waals surface area contributed by atoms with Crippen LogP contribution in [0.4, 0.5) is 5.69 Å². The first-order valence-corrected chi connectivity index (χ1v) is 2.84. The van der Waals surface area contributed by atoms with Crippen molar-refractivity contribution in [2.75, 3.05) is 0 Å². The highest BCUT2D eigenvalue weighted by molar-refractivity contribution is 5.86. The van der Waals surface area contributed by atoms with Crippen LogP contribution in [0.3, 0.4) is 0 Å². The van der Waals surface area contributed by atoms with E-state index in [1.807, 2.05) is 6.07 Å². The van der Waals surface area contributed by atoms with Gasteiger partial charge >= 0.3 is 0 Å². The zero-order valence-corrected chi connectivity index (χ0v) is 5.09. The van der Waals surface area contributed by atoms with Gasteiger partial charge in [-0.15, -0.1) is 0 Å². The fourth-order valence-electron chi connectivity index (χ4n) is 0.918. The van der Waals surface area contributed by atoms with Crippen molar-refractivity contribution in [2.45, 2.75) is 0 Å². The molecule has 2 rings (SSSR count). The monoisotopic (exact) mass is 135 g/mol. The molecule has 2 heterocycles. The van der Waals surface area contributed by atoms with E-state index in [9.17, 15) is 0 Å². The summed E-state index contributed by atoms with van der Waals surface area (Å²) >= 11 is 0. The molecule has 50 valence electrons. The minimum Gasteiger partial charge on any atom is -0.446 e. The van der Waals surface area contributed by atoms with Crippen molar-refractivity contribution in [3.05, 3.63) is 18.5 Å². The summed E-state index contributed by atoms with van der Waals surface area (Å²) in [5.41, 5.74) is 7.97. The number of hydrogen-bond acceptors (Lipinski definition) is 3. The van der Waals surface area contributed by atoms with Gasteiger partial charge in [0.15, 0.2) is 0 Å². The van der Waals surface area contributed by atoms with E-state index in [1.54, 1.807) is 6.20 Å². The van der Waals surface area contributed by atoms with Gasteiger partial charge in [-0.25, -0.2) is 5.53 Å². The molecule has 0 aliphatic rings. The number of H-pyrrole nitrogens is 1. The summed E-state index contributed by atoms with van der Waals surface area (Å²) in [6, 6.07) is 1.83. The molecule has 0 atom stereocenters. The van der Waals surface area contributed by atoms with E-state index in [0.29, 0.717) is 11.4 Å². The maximum absolute atomic E-state index is 6.73. The van der Waals surface area contributed by atoms with E-state index in [-0.39, 0.29) is 0 Å². The molecule has 0 saturated heterocycles. The predicted molar refractivity (Wildman–Crippen MR) is 35.4 cm³/mol. The van der Waals surface area contributed by atoms with Crippen molar-refractivity contribution in [3.63, 3.8) is 0 Å². The third-order valence-corrected chi connectivity index (χ3v) is 1.39. The number of nitrogens with zero attached hydrogens (tertiary/aromatic N) is 1. The van der Waals surface area contributed by atoms with Crippen molar-refractivity contribution in [1.82, 2.24) is 4.98 Å². The molecular formula is C6H5N3O. The molecule has 0 bridgehead atoms. The van der Waals surface area contributed by atoms with Gasteiger partial charge in [0, 0.05) is 6.20 Å². The van der Waals surface area contributed by atoms with Gasteiger partial charge in [-0.05, 0) is 6.07 Å². The van der Waals surface area contributed by atoms with Gasteiger partial charge in [0.1, 0.15) is 12.0 Å². The smallest absolute Gasteiger partial charge is 0.206 e. The highest BCUT2D eigenvalue weighted by atomic mass is 16.3. The largest absolute Gasteiger partial charge is 0.446 e. The van der Waals surface area contributed by atoms with Gasteiger partial charge in [-0.1, -0.05) is 0 Å². The second-order valence-electron chi connectivity index (χ2n) is 1.95. The van der Waals surface area contributed by atoms with E-state index in [2.05, 4.69) is 10.1 Å². The molecule has 0 radical (unpaired) electrons. The number of aromatic amines is 1. The lowest BCUT2D eigenvalue weighted by molar-refractivity contribution is 0.604. The molecule has 10 heavy (non-hydrogen) atoms. The Morgan fingerprint density at radius 3 is 3.30 bits per heavy atom. The molecule has 4 nitrogen and oxygen atoms in total. The lowest BCUT2D eigenvalue weighted by Crippen LogP contribution is -1.51. The summed E-state index contributed by atoms with van der Waals surface area (Å²) in [6.45, 7) is 0. The van der Waals surface area contributed by atoms with Crippen molar-refractivity contribution < 1.29 is 4.42 Å². The Bertz CT molecular complexity index is 360. The molecule has 0 aliphatic heterocycles. The summed E-state index contributed by atoms with van der Waals surface area (Å²) in [5.74, 6) is 0.